The predicted molar refractivity (Wildman–Crippen MR) is 95.0 cm³/mol. The number of likely N-dealkylation sites (N-methyl/N-ethyl adjacent to an activating group) is 1. The maximum absolute atomic E-state index is 4.51. The number of fused-ring (bicyclic) bond motifs is 1. The summed E-state index contributed by atoms with van der Waals surface area (Å²) in [4.78, 5) is 6.94. The molecule has 1 aliphatic rings. The van der Waals surface area contributed by atoms with Crippen LogP contribution in [0.25, 0.3) is 0 Å². The van der Waals surface area contributed by atoms with Gasteiger partial charge in [0.2, 0.25) is 5.95 Å². The molecule has 22 heavy (non-hydrogen) atoms. The highest BCUT2D eigenvalue weighted by Crippen LogP contribution is 2.31. The molecular weight excluding hydrogens is 274 g/mol. The Hall–Kier alpha value is -1.01. The Balaban J connectivity index is 2.55. The van der Waals surface area contributed by atoms with Crippen LogP contribution in [0.1, 0.15) is 41.0 Å². The van der Waals surface area contributed by atoms with E-state index in [1.165, 1.54) is 0 Å². The van der Waals surface area contributed by atoms with E-state index in [9.17, 15) is 0 Å². The molecule has 1 aliphatic heterocycles. The molecule has 8 heteroatoms. The second-order valence-corrected chi connectivity index (χ2v) is 7.23. The van der Waals surface area contributed by atoms with Gasteiger partial charge in [-0.1, -0.05) is 34.4 Å². The van der Waals surface area contributed by atoms with E-state index >= 15 is 0 Å². The molecule has 0 saturated heterocycles. The van der Waals surface area contributed by atoms with Crippen molar-refractivity contribution in [2.45, 2.75) is 72.3 Å². The third-order valence-corrected chi connectivity index (χ3v) is 5.19. The number of rotatable bonds is 2. The zero-order chi connectivity index (χ0) is 16.7. The molecule has 122 valence electrons. The molecule has 1 aromatic rings. The molecule has 2 heterocycles. The minimum atomic E-state index is -0.136. The fourth-order valence-corrected chi connectivity index (χ4v) is 4.12. The van der Waals surface area contributed by atoms with Crippen molar-refractivity contribution in [3.8, 4) is 0 Å². The van der Waals surface area contributed by atoms with Gasteiger partial charge in [0.1, 0.15) is 6.33 Å². The van der Waals surface area contributed by atoms with Gasteiger partial charge in [0.15, 0.2) is 0 Å². The van der Waals surface area contributed by atoms with Gasteiger partial charge in [-0.3, -0.25) is 0 Å². The number of aromatic nitrogens is 3. The van der Waals surface area contributed by atoms with Gasteiger partial charge in [-0.2, -0.15) is 5.10 Å². The minimum Gasteiger partial charge on any atom is -0.384 e. The summed E-state index contributed by atoms with van der Waals surface area (Å²) in [5.41, 5.74) is -0.136. The molecule has 6 nitrogen and oxygen atoms in total. The van der Waals surface area contributed by atoms with Crippen molar-refractivity contribution < 1.29 is 0 Å². The summed E-state index contributed by atoms with van der Waals surface area (Å²) in [6, 6.07) is 0.811. The number of hydrogen-bond donors (Lipinski definition) is 1. The molecule has 0 aliphatic carbocycles. The third-order valence-electron chi connectivity index (χ3n) is 5.19. The van der Waals surface area contributed by atoms with Crippen LogP contribution in [0.2, 0.25) is 13.6 Å². The van der Waals surface area contributed by atoms with Crippen LogP contribution in [0.3, 0.4) is 0 Å². The molecule has 0 saturated carbocycles. The summed E-state index contributed by atoms with van der Waals surface area (Å²) in [5, 5.41) is 8.07. The highest BCUT2D eigenvalue weighted by atomic mass is 15.4. The van der Waals surface area contributed by atoms with Crippen molar-refractivity contribution in [2.24, 2.45) is 0 Å². The van der Waals surface area contributed by atoms with E-state index in [0.717, 1.165) is 12.4 Å². The summed E-state index contributed by atoms with van der Waals surface area (Å²) >= 11 is 0. The molecule has 0 amide bonds. The first kappa shape index (κ1) is 17.3. The van der Waals surface area contributed by atoms with Crippen molar-refractivity contribution in [2.75, 3.05) is 12.3 Å². The summed E-state index contributed by atoms with van der Waals surface area (Å²) in [6.45, 7) is 16.2. The quantitative estimate of drug-likeness (QED) is 0.848. The SMILES string of the molecule is CCC1N(C)B(C)N(C(C)C)B(C)Nc2ncnn2C1(C)C. The van der Waals surface area contributed by atoms with E-state index in [1.807, 2.05) is 4.68 Å². The first-order valence-corrected chi connectivity index (χ1v) is 8.38. The zero-order valence-electron chi connectivity index (χ0n) is 15.3. The Bertz CT molecular complexity index is 503. The molecule has 2 rings (SSSR count). The van der Waals surface area contributed by atoms with Crippen LogP contribution in [0.4, 0.5) is 5.95 Å². The van der Waals surface area contributed by atoms with E-state index in [2.05, 4.69) is 80.2 Å². The molecule has 0 bridgehead atoms. The van der Waals surface area contributed by atoms with Crippen molar-refractivity contribution >= 4 is 19.9 Å². The maximum atomic E-state index is 4.51. The van der Waals surface area contributed by atoms with Gasteiger partial charge in [-0.25, -0.2) is 9.67 Å². The molecule has 0 aromatic carbocycles. The fraction of sp³-hybridized carbons (Fsp3) is 0.857. The second kappa shape index (κ2) is 6.24. The summed E-state index contributed by atoms with van der Waals surface area (Å²) in [6.07, 6.45) is 2.71. The summed E-state index contributed by atoms with van der Waals surface area (Å²) in [7, 11) is 2.23. The van der Waals surface area contributed by atoms with Crippen molar-refractivity contribution in [3.05, 3.63) is 6.33 Å². The Kier molecular flexibility index (Phi) is 4.92. The fourth-order valence-electron chi connectivity index (χ4n) is 4.12. The number of anilines is 1. The van der Waals surface area contributed by atoms with Crippen molar-refractivity contribution in [1.82, 2.24) is 24.3 Å². The summed E-state index contributed by atoms with van der Waals surface area (Å²) < 4.78 is 4.54. The lowest BCUT2D eigenvalue weighted by molar-refractivity contribution is 0.156. The van der Waals surface area contributed by atoms with Crippen molar-refractivity contribution in [1.29, 1.82) is 0 Å². The standard InChI is InChI=1S/C14H30B2N6/c1-9-12-14(4,5)21-13(17-10-18-21)19-15(6)22(11(2)3)16(7)20(12)8/h10-12H,9H2,1-8H3,(H,17,18,19). The third kappa shape index (κ3) is 2.78. The Morgan fingerprint density at radius 1 is 1.36 bits per heavy atom. The van der Waals surface area contributed by atoms with Gasteiger partial charge in [0.05, 0.1) is 5.54 Å². The van der Waals surface area contributed by atoms with Gasteiger partial charge in [0.25, 0.3) is 6.98 Å². The Morgan fingerprint density at radius 2 is 2.00 bits per heavy atom. The number of hydrogen-bond acceptors (Lipinski definition) is 5. The predicted octanol–water partition coefficient (Wildman–Crippen LogP) is 2.10. The minimum absolute atomic E-state index is 0.136. The lowest BCUT2D eigenvalue weighted by atomic mass is 9.59. The topological polar surface area (TPSA) is 49.2 Å². The van der Waals surface area contributed by atoms with Gasteiger partial charge in [0, 0.05) is 6.04 Å². The van der Waals surface area contributed by atoms with Gasteiger partial charge in [-0.15, -0.1) is 0 Å². The Labute approximate surface area is 135 Å². The maximum Gasteiger partial charge on any atom is 0.329 e. The molecule has 1 unspecified atom stereocenters. The summed E-state index contributed by atoms with van der Waals surface area (Å²) in [5.74, 6) is 0.851. The van der Waals surface area contributed by atoms with Crippen LogP contribution in [0.5, 0.6) is 0 Å². The van der Waals surface area contributed by atoms with E-state index in [1.54, 1.807) is 6.33 Å². The van der Waals surface area contributed by atoms with Gasteiger partial charge < -0.3 is 14.8 Å². The lowest BCUT2D eigenvalue weighted by Gasteiger charge is -2.45. The lowest BCUT2D eigenvalue weighted by Crippen LogP contribution is -2.63. The molecule has 1 aromatic heterocycles. The molecular formula is C14H30B2N6. The second-order valence-electron chi connectivity index (χ2n) is 7.23. The van der Waals surface area contributed by atoms with E-state index in [-0.39, 0.29) is 12.5 Å². The number of nitrogens with zero attached hydrogens (tertiary/aromatic N) is 5. The van der Waals surface area contributed by atoms with Crippen LogP contribution in [0, 0.1) is 0 Å². The average Bonchev–Trinajstić information content (AvgIpc) is 2.86. The van der Waals surface area contributed by atoms with E-state index < -0.39 is 0 Å². The monoisotopic (exact) mass is 304 g/mol. The first-order chi connectivity index (χ1) is 10.2. The van der Waals surface area contributed by atoms with Crippen LogP contribution < -0.4 is 5.23 Å². The van der Waals surface area contributed by atoms with Crippen LogP contribution >= 0.6 is 0 Å². The van der Waals surface area contributed by atoms with E-state index in [0.29, 0.717) is 19.1 Å². The van der Waals surface area contributed by atoms with Crippen molar-refractivity contribution in [3.63, 3.8) is 0 Å². The molecule has 0 radical (unpaired) electrons. The van der Waals surface area contributed by atoms with E-state index in [4.69, 9.17) is 0 Å². The van der Waals surface area contributed by atoms with Crippen LogP contribution in [0.15, 0.2) is 6.33 Å². The molecule has 1 N–H and O–H groups in total. The van der Waals surface area contributed by atoms with Crippen LogP contribution in [-0.4, -0.2) is 57.4 Å². The highest BCUT2D eigenvalue weighted by molar-refractivity contribution is 6.71. The highest BCUT2D eigenvalue weighted by Gasteiger charge is 2.43. The smallest absolute Gasteiger partial charge is 0.329 e. The Morgan fingerprint density at radius 3 is 2.55 bits per heavy atom. The average molecular weight is 304 g/mol. The molecule has 1 atom stereocenters. The first-order valence-electron chi connectivity index (χ1n) is 8.38. The molecule has 0 fully saturated rings. The largest absolute Gasteiger partial charge is 0.384 e. The van der Waals surface area contributed by atoms with Gasteiger partial charge >= 0.3 is 6.98 Å². The van der Waals surface area contributed by atoms with Gasteiger partial charge in [-0.05, 0) is 33.4 Å². The molecule has 0 spiro atoms. The normalized spacial score (nSPS) is 23.8. The number of nitrogens with one attached hydrogen (secondary N) is 1. The zero-order valence-corrected chi connectivity index (χ0v) is 15.3. The van der Waals surface area contributed by atoms with Crippen LogP contribution in [-0.2, 0) is 5.54 Å².